The molecule has 2 nitrogen and oxygen atoms in total. The second kappa shape index (κ2) is 6.20. The molecule has 0 spiro atoms. The number of aromatic nitrogens is 1. The SMILES string of the molecule is [CH]c1ccc(OCCc2ccc(CC)cn2)cc1. The first kappa shape index (κ1) is 12.6. The maximum atomic E-state index is 5.63. The quantitative estimate of drug-likeness (QED) is 0.798. The average molecular weight is 239 g/mol. The number of ether oxygens (including phenoxy) is 1. The lowest BCUT2D eigenvalue weighted by Gasteiger charge is -2.06. The molecular weight excluding hydrogens is 222 g/mol. The number of aryl methyl sites for hydroxylation is 1. The van der Waals surface area contributed by atoms with Crippen LogP contribution in [0.15, 0.2) is 42.6 Å². The normalized spacial score (nSPS) is 10.3. The Hall–Kier alpha value is -1.83. The van der Waals surface area contributed by atoms with Gasteiger partial charge in [-0.05, 0) is 42.7 Å². The Labute approximate surface area is 109 Å². The Bertz CT molecular complexity index is 473. The van der Waals surface area contributed by atoms with Crippen LogP contribution in [0.25, 0.3) is 0 Å². The van der Waals surface area contributed by atoms with Crippen LogP contribution in [0.4, 0.5) is 0 Å². The largest absolute Gasteiger partial charge is 0.493 e. The standard InChI is InChI=1S/C16H17NO/c1-3-14-6-7-15(17-12-14)10-11-18-16-8-4-13(2)5-9-16/h2,4-9,12H,3,10-11H2,1H3. The van der Waals surface area contributed by atoms with E-state index in [0.717, 1.165) is 29.8 Å². The lowest BCUT2D eigenvalue weighted by Crippen LogP contribution is -2.03. The van der Waals surface area contributed by atoms with Gasteiger partial charge >= 0.3 is 0 Å². The predicted octanol–water partition coefficient (Wildman–Crippen LogP) is 3.32. The van der Waals surface area contributed by atoms with Crippen LogP contribution in [0, 0.1) is 6.92 Å². The van der Waals surface area contributed by atoms with E-state index < -0.39 is 0 Å². The fraction of sp³-hybridized carbons (Fsp3) is 0.250. The van der Waals surface area contributed by atoms with Crippen LogP contribution < -0.4 is 4.74 Å². The summed E-state index contributed by atoms with van der Waals surface area (Å²) in [6.45, 7) is 8.36. The highest BCUT2D eigenvalue weighted by Crippen LogP contribution is 2.11. The summed E-state index contributed by atoms with van der Waals surface area (Å²) in [5.74, 6) is 0.842. The van der Waals surface area contributed by atoms with E-state index in [1.807, 2.05) is 30.5 Å². The Balaban J connectivity index is 1.82. The molecule has 0 amide bonds. The monoisotopic (exact) mass is 239 g/mol. The summed E-state index contributed by atoms with van der Waals surface area (Å²) in [7, 11) is 0. The highest BCUT2D eigenvalue weighted by Gasteiger charge is 1.97. The fourth-order valence-electron chi connectivity index (χ4n) is 1.65. The first-order valence-corrected chi connectivity index (χ1v) is 6.20. The molecule has 0 bridgehead atoms. The lowest BCUT2D eigenvalue weighted by molar-refractivity contribution is 0.320. The van der Waals surface area contributed by atoms with Crippen molar-refractivity contribution >= 4 is 0 Å². The van der Waals surface area contributed by atoms with E-state index in [1.54, 1.807) is 0 Å². The molecular formula is C16H17NO. The highest BCUT2D eigenvalue weighted by atomic mass is 16.5. The van der Waals surface area contributed by atoms with Crippen LogP contribution in [-0.4, -0.2) is 11.6 Å². The smallest absolute Gasteiger partial charge is 0.119 e. The van der Waals surface area contributed by atoms with Gasteiger partial charge in [-0.15, -0.1) is 0 Å². The van der Waals surface area contributed by atoms with Crippen molar-refractivity contribution in [2.75, 3.05) is 6.61 Å². The lowest BCUT2D eigenvalue weighted by atomic mass is 10.2. The Kier molecular flexibility index (Phi) is 4.35. The van der Waals surface area contributed by atoms with Crippen molar-refractivity contribution in [2.24, 2.45) is 0 Å². The van der Waals surface area contributed by atoms with Gasteiger partial charge in [-0.3, -0.25) is 4.98 Å². The van der Waals surface area contributed by atoms with E-state index in [-0.39, 0.29) is 0 Å². The summed E-state index contributed by atoms with van der Waals surface area (Å²) in [6, 6.07) is 11.6. The molecule has 0 unspecified atom stereocenters. The zero-order chi connectivity index (χ0) is 12.8. The van der Waals surface area contributed by atoms with E-state index in [1.165, 1.54) is 5.56 Å². The number of benzene rings is 1. The third kappa shape index (κ3) is 3.59. The van der Waals surface area contributed by atoms with Gasteiger partial charge in [0.1, 0.15) is 5.75 Å². The van der Waals surface area contributed by atoms with Crippen molar-refractivity contribution in [3.8, 4) is 5.75 Å². The molecule has 0 fully saturated rings. The maximum absolute atomic E-state index is 5.63. The molecule has 92 valence electrons. The molecule has 18 heavy (non-hydrogen) atoms. The van der Waals surface area contributed by atoms with Gasteiger partial charge in [0.05, 0.1) is 6.61 Å². The number of nitrogens with zero attached hydrogens (tertiary/aromatic N) is 1. The minimum Gasteiger partial charge on any atom is -0.493 e. The summed E-state index contributed by atoms with van der Waals surface area (Å²) < 4.78 is 5.63. The molecule has 1 heterocycles. The summed E-state index contributed by atoms with van der Waals surface area (Å²) in [4.78, 5) is 4.39. The van der Waals surface area contributed by atoms with Gasteiger partial charge < -0.3 is 4.74 Å². The van der Waals surface area contributed by atoms with Gasteiger partial charge in [-0.1, -0.05) is 25.1 Å². The number of rotatable bonds is 5. The van der Waals surface area contributed by atoms with E-state index in [4.69, 9.17) is 11.7 Å². The number of hydrogen-bond acceptors (Lipinski definition) is 2. The molecule has 2 radical (unpaired) electrons. The molecule has 1 aromatic carbocycles. The van der Waals surface area contributed by atoms with Crippen LogP contribution in [0.2, 0.25) is 0 Å². The minimum absolute atomic E-state index is 0.627. The second-order valence-corrected chi connectivity index (χ2v) is 4.18. The van der Waals surface area contributed by atoms with Crippen molar-refractivity contribution in [3.63, 3.8) is 0 Å². The predicted molar refractivity (Wildman–Crippen MR) is 72.7 cm³/mol. The highest BCUT2D eigenvalue weighted by molar-refractivity contribution is 5.28. The Morgan fingerprint density at radius 2 is 1.89 bits per heavy atom. The average Bonchev–Trinajstić information content (AvgIpc) is 2.42. The van der Waals surface area contributed by atoms with Gasteiger partial charge in [0.25, 0.3) is 0 Å². The first-order valence-electron chi connectivity index (χ1n) is 6.20. The maximum Gasteiger partial charge on any atom is 0.119 e. The number of pyridine rings is 1. The van der Waals surface area contributed by atoms with Crippen molar-refractivity contribution in [2.45, 2.75) is 19.8 Å². The summed E-state index contributed by atoms with van der Waals surface area (Å²) >= 11 is 0. The van der Waals surface area contributed by atoms with Gasteiger partial charge in [-0.2, -0.15) is 0 Å². The molecule has 0 aliphatic rings. The molecule has 0 aliphatic heterocycles. The molecule has 1 aromatic heterocycles. The van der Waals surface area contributed by atoms with E-state index in [2.05, 4.69) is 24.0 Å². The third-order valence-corrected chi connectivity index (χ3v) is 2.80. The van der Waals surface area contributed by atoms with Crippen molar-refractivity contribution < 1.29 is 4.74 Å². The van der Waals surface area contributed by atoms with Crippen LogP contribution >= 0.6 is 0 Å². The van der Waals surface area contributed by atoms with Crippen LogP contribution in [0.5, 0.6) is 5.75 Å². The van der Waals surface area contributed by atoms with E-state index in [0.29, 0.717) is 6.61 Å². The van der Waals surface area contributed by atoms with Gasteiger partial charge in [-0.25, -0.2) is 0 Å². The van der Waals surface area contributed by atoms with Crippen LogP contribution in [0.3, 0.4) is 0 Å². The molecule has 0 N–H and O–H groups in total. The Morgan fingerprint density at radius 3 is 2.50 bits per heavy atom. The topological polar surface area (TPSA) is 22.1 Å². The molecule has 2 heteroatoms. The minimum atomic E-state index is 0.627. The molecule has 2 rings (SSSR count). The van der Waals surface area contributed by atoms with Crippen LogP contribution in [0.1, 0.15) is 23.7 Å². The summed E-state index contributed by atoms with van der Waals surface area (Å²) in [6.07, 6.45) is 3.77. The zero-order valence-electron chi connectivity index (χ0n) is 10.6. The molecule has 0 saturated heterocycles. The molecule has 0 aliphatic carbocycles. The van der Waals surface area contributed by atoms with Crippen molar-refractivity contribution in [1.29, 1.82) is 0 Å². The number of hydrogen-bond donors (Lipinski definition) is 0. The summed E-state index contributed by atoms with van der Waals surface area (Å²) in [5.41, 5.74) is 3.07. The molecule has 0 atom stereocenters. The van der Waals surface area contributed by atoms with Gasteiger partial charge in [0.15, 0.2) is 0 Å². The third-order valence-electron chi connectivity index (χ3n) is 2.80. The van der Waals surface area contributed by atoms with Crippen molar-refractivity contribution in [1.82, 2.24) is 4.98 Å². The van der Waals surface area contributed by atoms with Gasteiger partial charge in [0.2, 0.25) is 0 Å². The van der Waals surface area contributed by atoms with E-state index >= 15 is 0 Å². The van der Waals surface area contributed by atoms with Gasteiger partial charge in [0, 0.05) is 18.3 Å². The van der Waals surface area contributed by atoms with Crippen LogP contribution in [-0.2, 0) is 12.8 Å². The molecule has 0 saturated carbocycles. The fourth-order valence-corrected chi connectivity index (χ4v) is 1.65. The zero-order valence-corrected chi connectivity index (χ0v) is 10.6. The first-order chi connectivity index (χ1) is 8.78. The molecule has 2 aromatic rings. The summed E-state index contributed by atoms with van der Waals surface area (Å²) in [5, 5.41) is 0. The van der Waals surface area contributed by atoms with E-state index in [9.17, 15) is 0 Å². The Morgan fingerprint density at radius 1 is 1.11 bits per heavy atom. The second-order valence-electron chi connectivity index (χ2n) is 4.18. The van der Waals surface area contributed by atoms with Crippen molar-refractivity contribution in [3.05, 3.63) is 66.3 Å².